The summed E-state index contributed by atoms with van der Waals surface area (Å²) in [5.74, 6) is 0.0490. The minimum atomic E-state index is -0.291. The second-order valence-corrected chi connectivity index (χ2v) is 8.69. The van der Waals surface area contributed by atoms with Crippen LogP contribution in [0, 0.1) is 0 Å². The minimum absolute atomic E-state index is 0.00987. The van der Waals surface area contributed by atoms with Crippen LogP contribution in [0.15, 0.2) is 75.4 Å². The van der Waals surface area contributed by atoms with Gasteiger partial charge in [-0.2, -0.15) is 9.78 Å². The number of hydrogen-bond donors (Lipinski definition) is 3. The van der Waals surface area contributed by atoms with Gasteiger partial charge < -0.3 is 15.6 Å². The summed E-state index contributed by atoms with van der Waals surface area (Å²) in [5.41, 5.74) is 5.12. The molecule has 2 aliphatic rings. The molecule has 0 atom stereocenters. The molecule has 0 amide bonds. The molecule has 0 unspecified atom stereocenters. The van der Waals surface area contributed by atoms with Crippen molar-refractivity contribution < 1.29 is 10.2 Å². The lowest BCUT2D eigenvalue weighted by Crippen LogP contribution is -2.39. The van der Waals surface area contributed by atoms with Gasteiger partial charge in [0.1, 0.15) is 11.5 Å². The number of fused-ring (bicyclic) bond motifs is 2. The molecule has 8 nitrogen and oxygen atoms in total. The zero-order chi connectivity index (χ0) is 23.7. The van der Waals surface area contributed by atoms with Crippen LogP contribution in [0.4, 0.5) is 0 Å². The number of aromatic hydroxyl groups is 2. The van der Waals surface area contributed by atoms with Crippen molar-refractivity contribution in [3.8, 4) is 11.5 Å². The predicted octanol–water partition coefficient (Wildman–Crippen LogP) is 3.90. The maximum absolute atomic E-state index is 11.9. The van der Waals surface area contributed by atoms with Crippen molar-refractivity contribution in [3.05, 3.63) is 81.4 Å². The molecule has 2 heterocycles. The van der Waals surface area contributed by atoms with Crippen molar-refractivity contribution in [2.75, 3.05) is 5.43 Å². The molecule has 2 saturated carbocycles. The van der Waals surface area contributed by atoms with Crippen molar-refractivity contribution in [2.45, 2.75) is 44.6 Å². The summed E-state index contributed by atoms with van der Waals surface area (Å²) in [5, 5.41) is 25.1. The van der Waals surface area contributed by atoms with E-state index in [-0.39, 0.29) is 22.6 Å². The number of para-hydroxylation sites is 2. The Labute approximate surface area is 195 Å². The van der Waals surface area contributed by atoms with E-state index >= 15 is 0 Å². The molecular weight excluding hydrogens is 432 g/mol. The highest BCUT2D eigenvalue weighted by atomic mass is 16.3. The van der Waals surface area contributed by atoms with Crippen molar-refractivity contribution >= 4 is 27.5 Å². The topological polar surface area (TPSA) is 109 Å². The molecule has 8 heteroatoms. The molecule has 3 N–H and O–H groups in total. The normalized spacial score (nSPS) is 15.2. The third-order valence-corrected chi connectivity index (χ3v) is 6.37. The van der Waals surface area contributed by atoms with Crippen LogP contribution in [0.3, 0.4) is 0 Å². The second kappa shape index (κ2) is 9.05. The van der Waals surface area contributed by atoms with Gasteiger partial charge in [-0.1, -0.05) is 24.3 Å². The average Bonchev–Trinajstić information content (AvgIpc) is 2.77. The first-order valence-electron chi connectivity index (χ1n) is 11.5. The van der Waals surface area contributed by atoms with Gasteiger partial charge in [0, 0.05) is 34.7 Å². The maximum Gasteiger partial charge on any atom is 0.275 e. The lowest BCUT2D eigenvalue weighted by molar-refractivity contribution is 0.414. The lowest BCUT2D eigenvalue weighted by Gasteiger charge is -2.28. The second-order valence-electron chi connectivity index (χ2n) is 8.69. The van der Waals surface area contributed by atoms with E-state index in [0.717, 1.165) is 43.3 Å². The van der Waals surface area contributed by atoms with Crippen LogP contribution in [0.5, 0.6) is 11.5 Å². The van der Waals surface area contributed by atoms with Gasteiger partial charge in [0.25, 0.3) is 11.1 Å². The van der Waals surface area contributed by atoms with Crippen LogP contribution >= 0.6 is 0 Å². The van der Waals surface area contributed by atoms with Gasteiger partial charge in [0.15, 0.2) is 0 Å². The Morgan fingerprint density at radius 2 is 1.38 bits per heavy atom. The SMILES string of the molecule is O=c1cc(O)c2ccccc2n1N=C1CCC1.O=c1cc(O)c2ccccc2n1NC1CCC1. The van der Waals surface area contributed by atoms with Gasteiger partial charge in [-0.05, 0) is 62.8 Å². The van der Waals surface area contributed by atoms with Crippen molar-refractivity contribution in [3.63, 3.8) is 0 Å². The van der Waals surface area contributed by atoms with E-state index in [2.05, 4.69) is 10.5 Å². The van der Waals surface area contributed by atoms with Crippen molar-refractivity contribution in [1.29, 1.82) is 0 Å². The standard InChI is InChI=1S/C13H14N2O2.C13H12N2O2/c2*16-12-8-13(17)15(14-9-4-3-5-9)11-7-2-1-6-10(11)12/h1-2,6-9,14,16H,3-5H2;1-2,6-8,16H,3-5H2. The van der Waals surface area contributed by atoms with Crippen LogP contribution in [-0.2, 0) is 0 Å². The fraction of sp³-hybridized carbons (Fsp3) is 0.269. The Balaban J connectivity index is 0.000000142. The van der Waals surface area contributed by atoms with Gasteiger partial charge in [-0.25, -0.2) is 4.68 Å². The van der Waals surface area contributed by atoms with Crippen LogP contribution < -0.4 is 16.5 Å². The van der Waals surface area contributed by atoms with Gasteiger partial charge in [-0.3, -0.25) is 9.59 Å². The summed E-state index contributed by atoms with van der Waals surface area (Å²) in [4.78, 5) is 23.7. The maximum atomic E-state index is 11.9. The zero-order valence-corrected chi connectivity index (χ0v) is 18.6. The van der Waals surface area contributed by atoms with Gasteiger partial charge in [0.2, 0.25) is 0 Å². The molecule has 2 aliphatic carbocycles. The Kier molecular flexibility index (Phi) is 5.79. The van der Waals surface area contributed by atoms with E-state index in [1.807, 2.05) is 36.4 Å². The van der Waals surface area contributed by atoms with Crippen LogP contribution in [0.2, 0.25) is 0 Å². The third-order valence-electron chi connectivity index (χ3n) is 6.37. The molecule has 6 rings (SSSR count). The lowest BCUT2D eigenvalue weighted by atomic mass is 9.94. The summed E-state index contributed by atoms with van der Waals surface area (Å²) in [6, 6.07) is 17.4. The highest BCUT2D eigenvalue weighted by Crippen LogP contribution is 2.24. The van der Waals surface area contributed by atoms with Crippen molar-refractivity contribution in [1.82, 2.24) is 9.35 Å². The minimum Gasteiger partial charge on any atom is -0.507 e. The van der Waals surface area contributed by atoms with Gasteiger partial charge in [0.05, 0.1) is 11.0 Å². The number of nitrogens with one attached hydrogen (secondary N) is 1. The summed E-state index contributed by atoms with van der Waals surface area (Å²) in [6.45, 7) is 0. The van der Waals surface area contributed by atoms with E-state index < -0.39 is 0 Å². The van der Waals surface area contributed by atoms with Crippen molar-refractivity contribution in [2.24, 2.45) is 5.10 Å². The molecule has 34 heavy (non-hydrogen) atoms. The number of pyridine rings is 2. The molecule has 0 spiro atoms. The number of rotatable bonds is 3. The highest BCUT2D eigenvalue weighted by Gasteiger charge is 2.19. The Morgan fingerprint density at radius 1 is 0.794 bits per heavy atom. The van der Waals surface area contributed by atoms with E-state index in [0.29, 0.717) is 22.3 Å². The first-order chi connectivity index (χ1) is 16.5. The molecule has 174 valence electrons. The first kappa shape index (κ1) is 21.8. The summed E-state index contributed by atoms with van der Waals surface area (Å²) in [7, 11) is 0. The number of benzene rings is 2. The third kappa shape index (κ3) is 4.14. The van der Waals surface area contributed by atoms with E-state index in [9.17, 15) is 19.8 Å². The first-order valence-corrected chi connectivity index (χ1v) is 11.5. The monoisotopic (exact) mass is 458 g/mol. The molecule has 2 aromatic carbocycles. The Bertz CT molecular complexity index is 1510. The molecular formula is C26H26N4O4. The molecule has 0 bridgehead atoms. The molecule has 0 aliphatic heterocycles. The summed E-state index contributed by atoms with van der Waals surface area (Å²) >= 11 is 0. The number of hydrogen-bond acceptors (Lipinski definition) is 6. The molecule has 2 fully saturated rings. The predicted molar refractivity (Wildman–Crippen MR) is 133 cm³/mol. The summed E-state index contributed by atoms with van der Waals surface area (Å²) in [6.07, 6.45) is 6.47. The zero-order valence-electron chi connectivity index (χ0n) is 18.6. The van der Waals surface area contributed by atoms with Gasteiger partial charge in [-0.15, -0.1) is 0 Å². The largest absolute Gasteiger partial charge is 0.507 e. The summed E-state index contributed by atoms with van der Waals surface area (Å²) < 4.78 is 2.92. The fourth-order valence-corrected chi connectivity index (χ4v) is 4.05. The van der Waals surface area contributed by atoms with E-state index in [1.165, 1.54) is 23.2 Å². The molecule has 0 radical (unpaired) electrons. The van der Waals surface area contributed by atoms with Crippen LogP contribution in [0.25, 0.3) is 21.8 Å². The number of aromatic nitrogens is 2. The Morgan fingerprint density at radius 3 is 1.97 bits per heavy atom. The number of nitrogens with zero attached hydrogens (tertiary/aromatic N) is 3. The quantitative estimate of drug-likeness (QED) is 0.432. The fourth-order valence-electron chi connectivity index (χ4n) is 4.05. The van der Waals surface area contributed by atoms with Crippen LogP contribution in [-0.4, -0.2) is 31.3 Å². The van der Waals surface area contributed by atoms with Gasteiger partial charge >= 0.3 is 0 Å². The molecule has 0 saturated heterocycles. The highest BCUT2D eigenvalue weighted by molar-refractivity contribution is 5.90. The molecule has 4 aromatic rings. The Hall–Kier alpha value is -4.07. The smallest absolute Gasteiger partial charge is 0.275 e. The van der Waals surface area contributed by atoms with E-state index in [1.54, 1.807) is 16.8 Å². The van der Waals surface area contributed by atoms with E-state index in [4.69, 9.17) is 0 Å². The molecule has 2 aromatic heterocycles. The average molecular weight is 459 g/mol. The van der Waals surface area contributed by atoms with Crippen LogP contribution in [0.1, 0.15) is 38.5 Å².